The van der Waals surface area contributed by atoms with Crippen LogP contribution in [-0.4, -0.2) is 24.7 Å². The molecular weight excluding hydrogens is 395 g/mol. The number of aromatic nitrogens is 1. The van der Waals surface area contributed by atoms with Crippen LogP contribution < -0.4 is 14.3 Å². The zero-order valence-corrected chi connectivity index (χ0v) is 16.7. The van der Waals surface area contributed by atoms with Crippen LogP contribution in [-0.2, 0) is 6.54 Å². The van der Waals surface area contributed by atoms with Gasteiger partial charge in [0.2, 0.25) is 0 Å². The molecule has 0 unspecified atom stereocenters. The quantitative estimate of drug-likeness (QED) is 0.621. The van der Waals surface area contributed by atoms with Crippen molar-refractivity contribution in [3.05, 3.63) is 50.7 Å². The van der Waals surface area contributed by atoms with Gasteiger partial charge in [-0.05, 0) is 25.1 Å². The van der Waals surface area contributed by atoms with E-state index in [2.05, 4.69) is 4.99 Å². The number of amides is 1. The molecule has 0 radical (unpaired) electrons. The molecule has 0 saturated carbocycles. The predicted molar refractivity (Wildman–Crippen MR) is 105 cm³/mol. The summed E-state index contributed by atoms with van der Waals surface area (Å²) in [6.45, 7) is 2.63. The van der Waals surface area contributed by atoms with E-state index in [1.54, 1.807) is 26.4 Å². The van der Waals surface area contributed by atoms with Crippen molar-refractivity contribution in [1.82, 2.24) is 4.57 Å². The first-order chi connectivity index (χ1) is 12.5. The molecule has 3 rings (SSSR count). The Morgan fingerprint density at radius 3 is 2.50 bits per heavy atom. The molecule has 0 spiro atoms. The summed E-state index contributed by atoms with van der Waals surface area (Å²) in [7, 11) is 3.17. The number of halogens is 2. The molecule has 1 heterocycles. The van der Waals surface area contributed by atoms with Crippen molar-refractivity contribution in [3.8, 4) is 11.5 Å². The Hall–Kier alpha value is -2.02. The molecule has 26 heavy (non-hydrogen) atoms. The highest BCUT2D eigenvalue weighted by molar-refractivity contribution is 7.16. The van der Waals surface area contributed by atoms with E-state index in [0.717, 1.165) is 10.2 Å². The summed E-state index contributed by atoms with van der Waals surface area (Å²) in [6.07, 6.45) is 0. The number of methoxy groups -OCH3 is 2. The lowest BCUT2D eigenvalue weighted by Crippen LogP contribution is -2.16. The maximum absolute atomic E-state index is 12.6. The zero-order valence-electron chi connectivity index (χ0n) is 14.4. The van der Waals surface area contributed by atoms with Crippen molar-refractivity contribution >= 4 is 50.7 Å². The van der Waals surface area contributed by atoms with Gasteiger partial charge in [-0.3, -0.25) is 4.79 Å². The largest absolute Gasteiger partial charge is 0.493 e. The number of benzene rings is 2. The molecule has 2 aromatic carbocycles. The Kier molecular flexibility index (Phi) is 5.55. The van der Waals surface area contributed by atoms with Gasteiger partial charge in [-0.2, -0.15) is 4.99 Å². The van der Waals surface area contributed by atoms with Crippen molar-refractivity contribution in [2.45, 2.75) is 13.5 Å². The van der Waals surface area contributed by atoms with Crippen molar-refractivity contribution in [3.63, 3.8) is 0 Å². The molecule has 0 aliphatic rings. The molecule has 0 bridgehead atoms. The number of aryl methyl sites for hydroxylation is 1. The monoisotopic (exact) mass is 410 g/mol. The van der Waals surface area contributed by atoms with Gasteiger partial charge in [-0.25, -0.2) is 0 Å². The molecule has 5 nitrogen and oxygen atoms in total. The van der Waals surface area contributed by atoms with Gasteiger partial charge in [0, 0.05) is 23.7 Å². The van der Waals surface area contributed by atoms with Crippen LogP contribution in [0.5, 0.6) is 11.5 Å². The van der Waals surface area contributed by atoms with E-state index in [1.807, 2.05) is 23.6 Å². The third-order valence-corrected chi connectivity index (χ3v) is 5.47. The number of rotatable bonds is 4. The van der Waals surface area contributed by atoms with E-state index in [-0.39, 0.29) is 5.56 Å². The summed E-state index contributed by atoms with van der Waals surface area (Å²) in [6, 6.07) is 8.49. The molecule has 3 aromatic rings. The first kappa shape index (κ1) is 18.8. The zero-order chi connectivity index (χ0) is 18.8. The van der Waals surface area contributed by atoms with Crippen LogP contribution in [0.1, 0.15) is 17.3 Å². The molecule has 0 saturated heterocycles. The average Bonchev–Trinajstić information content (AvgIpc) is 2.97. The summed E-state index contributed by atoms with van der Waals surface area (Å²) in [5.74, 6) is 0.807. The molecule has 0 aliphatic heterocycles. The number of carbonyl (C=O) groups is 1. The molecule has 0 atom stereocenters. The predicted octanol–water partition coefficient (Wildman–Crippen LogP) is 4.79. The normalized spacial score (nSPS) is 11.8. The number of nitrogens with zero attached hydrogens (tertiary/aromatic N) is 2. The Bertz CT molecular complexity index is 1060. The fourth-order valence-electron chi connectivity index (χ4n) is 2.60. The molecular formula is C18H16Cl2N2O3S. The van der Waals surface area contributed by atoms with Gasteiger partial charge in [-0.1, -0.05) is 34.5 Å². The molecule has 0 fully saturated rings. The minimum Gasteiger partial charge on any atom is -0.493 e. The molecule has 0 N–H and O–H groups in total. The van der Waals surface area contributed by atoms with Crippen molar-refractivity contribution in [1.29, 1.82) is 0 Å². The van der Waals surface area contributed by atoms with E-state index in [1.165, 1.54) is 17.4 Å². The van der Waals surface area contributed by atoms with Crippen LogP contribution in [0.4, 0.5) is 0 Å². The van der Waals surface area contributed by atoms with Crippen molar-refractivity contribution in [2.75, 3.05) is 14.2 Å². The number of hydrogen-bond acceptors (Lipinski definition) is 4. The van der Waals surface area contributed by atoms with E-state index in [0.29, 0.717) is 32.9 Å². The van der Waals surface area contributed by atoms with Crippen LogP contribution in [0.25, 0.3) is 10.2 Å². The number of thiazole rings is 1. The molecule has 8 heteroatoms. The summed E-state index contributed by atoms with van der Waals surface area (Å²) >= 11 is 13.5. The summed E-state index contributed by atoms with van der Waals surface area (Å²) in [4.78, 5) is 17.4. The smallest absolute Gasteiger partial charge is 0.281 e. The maximum atomic E-state index is 12.6. The highest BCUT2D eigenvalue weighted by atomic mass is 35.5. The minimum absolute atomic E-state index is 0.273. The Labute approximate surface area is 164 Å². The van der Waals surface area contributed by atoms with E-state index in [4.69, 9.17) is 32.7 Å². The minimum atomic E-state index is -0.440. The Morgan fingerprint density at radius 2 is 1.85 bits per heavy atom. The SMILES string of the molecule is CCn1c(=NC(=O)c2cc(Cl)ccc2Cl)sc2cc(OC)c(OC)cc21. The molecule has 1 amide bonds. The van der Waals surface area contributed by atoms with Gasteiger partial charge in [0.1, 0.15) is 0 Å². The lowest BCUT2D eigenvalue weighted by Gasteiger charge is -2.08. The fourth-order valence-corrected chi connectivity index (χ4v) is 4.07. The summed E-state index contributed by atoms with van der Waals surface area (Å²) in [5, 5.41) is 0.748. The topological polar surface area (TPSA) is 52.8 Å². The average molecular weight is 411 g/mol. The second kappa shape index (κ2) is 7.70. The van der Waals surface area contributed by atoms with Gasteiger partial charge in [0.25, 0.3) is 5.91 Å². The van der Waals surface area contributed by atoms with Gasteiger partial charge in [-0.15, -0.1) is 0 Å². The molecule has 136 valence electrons. The van der Waals surface area contributed by atoms with Crippen LogP contribution in [0.15, 0.2) is 35.3 Å². The second-order valence-electron chi connectivity index (χ2n) is 5.34. The van der Waals surface area contributed by atoms with Crippen LogP contribution in [0, 0.1) is 0 Å². The van der Waals surface area contributed by atoms with E-state index < -0.39 is 5.91 Å². The van der Waals surface area contributed by atoms with Crippen LogP contribution in [0.3, 0.4) is 0 Å². The molecule has 1 aromatic heterocycles. The number of ether oxygens (including phenoxy) is 2. The van der Waals surface area contributed by atoms with Crippen LogP contribution in [0.2, 0.25) is 10.0 Å². The lowest BCUT2D eigenvalue weighted by atomic mass is 10.2. The Balaban J connectivity index is 2.19. The summed E-state index contributed by atoms with van der Waals surface area (Å²) < 4.78 is 13.6. The second-order valence-corrected chi connectivity index (χ2v) is 7.20. The van der Waals surface area contributed by atoms with Gasteiger partial charge in [0.05, 0.1) is 35.0 Å². The first-order valence-electron chi connectivity index (χ1n) is 7.78. The third kappa shape index (κ3) is 3.45. The molecule has 0 aliphatic carbocycles. The van der Waals surface area contributed by atoms with Gasteiger partial charge in [0.15, 0.2) is 16.3 Å². The van der Waals surface area contributed by atoms with Crippen LogP contribution >= 0.6 is 34.5 Å². The summed E-state index contributed by atoms with van der Waals surface area (Å²) in [5.41, 5.74) is 1.19. The van der Waals surface area contributed by atoms with E-state index >= 15 is 0 Å². The standard InChI is InChI=1S/C18H16Cl2N2O3S/c1-4-22-13-8-14(24-2)15(25-3)9-16(13)26-18(22)21-17(23)11-7-10(19)5-6-12(11)20/h5-9H,4H2,1-3H3. The fraction of sp³-hybridized carbons (Fsp3) is 0.222. The lowest BCUT2D eigenvalue weighted by molar-refractivity contribution is 0.0998. The van der Waals surface area contributed by atoms with Gasteiger partial charge < -0.3 is 14.0 Å². The Morgan fingerprint density at radius 1 is 1.15 bits per heavy atom. The highest BCUT2D eigenvalue weighted by Gasteiger charge is 2.14. The number of carbonyl (C=O) groups excluding carboxylic acids is 1. The van der Waals surface area contributed by atoms with Crippen molar-refractivity contribution in [2.24, 2.45) is 4.99 Å². The third-order valence-electron chi connectivity index (χ3n) is 3.86. The van der Waals surface area contributed by atoms with E-state index in [9.17, 15) is 4.79 Å². The highest BCUT2D eigenvalue weighted by Crippen LogP contribution is 2.33. The number of hydrogen-bond donors (Lipinski definition) is 0. The van der Waals surface area contributed by atoms with Gasteiger partial charge >= 0.3 is 0 Å². The van der Waals surface area contributed by atoms with Crippen molar-refractivity contribution < 1.29 is 14.3 Å². The maximum Gasteiger partial charge on any atom is 0.281 e. The number of fused-ring (bicyclic) bond motifs is 1. The first-order valence-corrected chi connectivity index (χ1v) is 9.35.